The van der Waals surface area contributed by atoms with E-state index in [1.165, 1.54) is 0 Å². The molecule has 1 aromatic rings. The van der Waals surface area contributed by atoms with Gasteiger partial charge >= 0.3 is 5.97 Å². The third-order valence-electron chi connectivity index (χ3n) is 1.78. The largest absolute Gasteiger partial charge is 0.459 e. The Kier molecular flexibility index (Phi) is 4.43. The maximum absolute atomic E-state index is 11.5. The number of alkyl halides is 1. The SMILES string of the molecule is CC(C)OC(=O)c1ccc(CCl)c(Cl)c1. The summed E-state index contributed by atoms with van der Waals surface area (Å²) >= 11 is 11.6. The average Bonchev–Trinajstić information content (AvgIpc) is 2.16. The molecule has 1 aromatic carbocycles. The van der Waals surface area contributed by atoms with Crippen LogP contribution in [0.2, 0.25) is 5.02 Å². The van der Waals surface area contributed by atoms with Gasteiger partial charge in [-0.15, -0.1) is 11.6 Å². The number of ether oxygens (including phenoxy) is 1. The highest BCUT2D eigenvalue weighted by molar-refractivity contribution is 6.32. The van der Waals surface area contributed by atoms with E-state index in [9.17, 15) is 4.79 Å². The van der Waals surface area contributed by atoms with Crippen LogP contribution in [0.5, 0.6) is 0 Å². The van der Waals surface area contributed by atoms with Gasteiger partial charge in [0.15, 0.2) is 0 Å². The first-order chi connectivity index (χ1) is 7.04. The van der Waals surface area contributed by atoms with Crippen molar-refractivity contribution in [3.63, 3.8) is 0 Å². The van der Waals surface area contributed by atoms with Gasteiger partial charge in [0.05, 0.1) is 11.7 Å². The molecule has 0 unspecified atom stereocenters. The van der Waals surface area contributed by atoms with Crippen molar-refractivity contribution >= 4 is 29.2 Å². The molecule has 2 nitrogen and oxygen atoms in total. The van der Waals surface area contributed by atoms with Gasteiger partial charge in [0.1, 0.15) is 0 Å². The van der Waals surface area contributed by atoms with Crippen LogP contribution < -0.4 is 0 Å². The van der Waals surface area contributed by atoms with Crippen LogP contribution in [0.25, 0.3) is 0 Å². The quantitative estimate of drug-likeness (QED) is 0.602. The normalized spacial score (nSPS) is 10.5. The van der Waals surface area contributed by atoms with Crippen molar-refractivity contribution in [1.29, 1.82) is 0 Å². The Balaban J connectivity index is 2.87. The minimum atomic E-state index is -0.368. The second-order valence-electron chi connectivity index (χ2n) is 3.39. The van der Waals surface area contributed by atoms with E-state index in [1.54, 1.807) is 32.0 Å². The molecule has 0 aliphatic heterocycles. The molecule has 82 valence electrons. The molecular weight excluding hydrogens is 235 g/mol. The molecule has 1 rings (SSSR count). The molecule has 0 saturated heterocycles. The predicted molar refractivity (Wildman–Crippen MR) is 61.6 cm³/mol. The number of rotatable bonds is 3. The zero-order valence-electron chi connectivity index (χ0n) is 8.59. The zero-order valence-corrected chi connectivity index (χ0v) is 10.1. The molecule has 4 heteroatoms. The number of halogens is 2. The molecule has 0 aromatic heterocycles. The number of benzene rings is 1. The number of hydrogen-bond donors (Lipinski definition) is 0. The van der Waals surface area contributed by atoms with Crippen LogP contribution in [-0.4, -0.2) is 12.1 Å². The van der Waals surface area contributed by atoms with Crippen molar-refractivity contribution in [2.45, 2.75) is 25.8 Å². The maximum atomic E-state index is 11.5. The highest BCUT2D eigenvalue weighted by Gasteiger charge is 2.10. The van der Waals surface area contributed by atoms with Crippen molar-refractivity contribution in [1.82, 2.24) is 0 Å². The van der Waals surface area contributed by atoms with Crippen LogP contribution in [0.3, 0.4) is 0 Å². The molecule has 0 bridgehead atoms. The molecule has 0 heterocycles. The van der Waals surface area contributed by atoms with Crippen LogP contribution in [0, 0.1) is 0 Å². The van der Waals surface area contributed by atoms with Crippen LogP contribution in [0.15, 0.2) is 18.2 Å². The summed E-state index contributed by atoms with van der Waals surface area (Å²) in [6, 6.07) is 4.96. The zero-order chi connectivity index (χ0) is 11.4. The summed E-state index contributed by atoms with van der Waals surface area (Å²) in [5.74, 6) is -0.0359. The van der Waals surface area contributed by atoms with Crippen molar-refractivity contribution in [2.75, 3.05) is 0 Å². The van der Waals surface area contributed by atoms with Gasteiger partial charge in [-0.2, -0.15) is 0 Å². The van der Waals surface area contributed by atoms with Crippen molar-refractivity contribution in [3.05, 3.63) is 34.3 Å². The Labute approximate surface area is 99.1 Å². The monoisotopic (exact) mass is 246 g/mol. The third kappa shape index (κ3) is 3.40. The topological polar surface area (TPSA) is 26.3 Å². The number of hydrogen-bond acceptors (Lipinski definition) is 2. The van der Waals surface area contributed by atoms with Gasteiger partial charge in [-0.3, -0.25) is 0 Å². The molecule has 0 atom stereocenters. The Hall–Kier alpha value is -0.730. The molecule has 15 heavy (non-hydrogen) atoms. The van der Waals surface area contributed by atoms with Gasteiger partial charge in [-0.25, -0.2) is 4.79 Å². The van der Waals surface area contributed by atoms with E-state index in [1.807, 2.05) is 0 Å². The summed E-state index contributed by atoms with van der Waals surface area (Å²) in [6.45, 7) is 3.60. The van der Waals surface area contributed by atoms with E-state index >= 15 is 0 Å². The third-order valence-corrected chi connectivity index (χ3v) is 2.42. The van der Waals surface area contributed by atoms with Crippen molar-refractivity contribution in [2.24, 2.45) is 0 Å². The lowest BCUT2D eigenvalue weighted by Crippen LogP contribution is -2.11. The Morgan fingerprint density at radius 3 is 2.60 bits per heavy atom. The second kappa shape index (κ2) is 5.38. The molecule has 0 radical (unpaired) electrons. The summed E-state index contributed by atoms with van der Waals surface area (Å²) in [5, 5.41) is 0.489. The molecule has 0 saturated carbocycles. The Bertz CT molecular complexity index is 362. The van der Waals surface area contributed by atoms with E-state index in [0.717, 1.165) is 5.56 Å². The Morgan fingerprint density at radius 2 is 2.13 bits per heavy atom. The van der Waals surface area contributed by atoms with E-state index in [-0.39, 0.29) is 12.1 Å². The lowest BCUT2D eigenvalue weighted by Gasteiger charge is -2.08. The minimum absolute atomic E-state index is 0.135. The van der Waals surface area contributed by atoms with Gasteiger partial charge in [-0.1, -0.05) is 17.7 Å². The number of esters is 1. The van der Waals surface area contributed by atoms with Gasteiger partial charge in [0.25, 0.3) is 0 Å². The van der Waals surface area contributed by atoms with E-state index in [4.69, 9.17) is 27.9 Å². The fourth-order valence-corrected chi connectivity index (χ4v) is 1.61. The minimum Gasteiger partial charge on any atom is -0.459 e. The summed E-state index contributed by atoms with van der Waals surface area (Å²) in [6.07, 6.45) is -0.135. The van der Waals surface area contributed by atoms with E-state index < -0.39 is 0 Å². The fourth-order valence-electron chi connectivity index (χ4n) is 1.06. The highest BCUT2D eigenvalue weighted by atomic mass is 35.5. The lowest BCUT2D eigenvalue weighted by molar-refractivity contribution is 0.0378. The molecular formula is C11H12Cl2O2. The lowest BCUT2D eigenvalue weighted by atomic mass is 10.1. The van der Waals surface area contributed by atoms with Crippen LogP contribution in [0.4, 0.5) is 0 Å². The standard InChI is InChI=1S/C11H12Cl2O2/c1-7(2)15-11(14)8-3-4-9(6-12)10(13)5-8/h3-5,7H,6H2,1-2H3. The maximum Gasteiger partial charge on any atom is 0.338 e. The highest BCUT2D eigenvalue weighted by Crippen LogP contribution is 2.20. The first kappa shape index (κ1) is 12.3. The van der Waals surface area contributed by atoms with E-state index in [0.29, 0.717) is 16.5 Å². The summed E-state index contributed by atoms with van der Waals surface area (Å²) < 4.78 is 5.03. The molecule has 0 spiro atoms. The fraction of sp³-hybridized carbons (Fsp3) is 0.364. The van der Waals surface area contributed by atoms with Crippen LogP contribution in [0.1, 0.15) is 29.8 Å². The second-order valence-corrected chi connectivity index (χ2v) is 4.07. The molecule has 0 fully saturated rings. The van der Waals surface area contributed by atoms with Crippen molar-refractivity contribution < 1.29 is 9.53 Å². The molecule has 0 aliphatic carbocycles. The average molecular weight is 247 g/mol. The van der Waals surface area contributed by atoms with Crippen LogP contribution >= 0.6 is 23.2 Å². The van der Waals surface area contributed by atoms with E-state index in [2.05, 4.69) is 0 Å². The smallest absolute Gasteiger partial charge is 0.338 e. The molecule has 0 aliphatic rings. The van der Waals surface area contributed by atoms with Gasteiger partial charge in [0.2, 0.25) is 0 Å². The summed E-state index contributed by atoms with van der Waals surface area (Å²) in [5.41, 5.74) is 1.25. The molecule has 0 N–H and O–H groups in total. The van der Waals surface area contributed by atoms with Gasteiger partial charge < -0.3 is 4.74 Å². The van der Waals surface area contributed by atoms with Gasteiger partial charge in [0, 0.05) is 10.9 Å². The van der Waals surface area contributed by atoms with Crippen molar-refractivity contribution in [3.8, 4) is 0 Å². The molecule has 0 amide bonds. The first-order valence-corrected chi connectivity index (χ1v) is 5.51. The number of carbonyl (C=O) groups is 1. The summed E-state index contributed by atoms with van der Waals surface area (Å²) in [7, 11) is 0. The Morgan fingerprint density at radius 1 is 1.47 bits per heavy atom. The predicted octanol–water partition coefficient (Wildman–Crippen LogP) is 3.64. The van der Waals surface area contributed by atoms with Gasteiger partial charge in [-0.05, 0) is 31.5 Å². The number of carbonyl (C=O) groups excluding carboxylic acids is 1. The summed E-state index contributed by atoms with van der Waals surface area (Å²) in [4.78, 5) is 11.5. The van der Waals surface area contributed by atoms with Crippen LogP contribution in [-0.2, 0) is 10.6 Å². The first-order valence-electron chi connectivity index (χ1n) is 4.60.